The quantitative estimate of drug-likeness (QED) is 0.451. The number of alkyl halides is 2. The van der Waals surface area contributed by atoms with E-state index in [-0.39, 0.29) is 29.9 Å². The molecule has 3 aliphatic heterocycles. The fourth-order valence-electron chi connectivity index (χ4n) is 6.60. The van der Waals surface area contributed by atoms with Crippen LogP contribution in [0.25, 0.3) is 11.1 Å². The van der Waals surface area contributed by atoms with Crippen LogP contribution in [-0.2, 0) is 47.5 Å². The molecule has 0 bridgehead atoms. The van der Waals surface area contributed by atoms with Crippen molar-refractivity contribution in [2.24, 2.45) is 7.05 Å². The minimum absolute atomic E-state index is 0.00208. The van der Waals surface area contributed by atoms with Gasteiger partial charge >= 0.3 is 0 Å². The van der Waals surface area contributed by atoms with Crippen LogP contribution in [0.1, 0.15) is 72.0 Å². The number of hydrogen-bond donors (Lipinski definition) is 1. The van der Waals surface area contributed by atoms with Gasteiger partial charge in [0.1, 0.15) is 0 Å². The van der Waals surface area contributed by atoms with Crippen LogP contribution in [0.5, 0.6) is 0 Å². The number of aromatic nitrogens is 2. The summed E-state index contributed by atoms with van der Waals surface area (Å²) in [6, 6.07) is 7.82. The van der Waals surface area contributed by atoms with Gasteiger partial charge in [0, 0.05) is 87.9 Å². The van der Waals surface area contributed by atoms with Crippen LogP contribution in [0.3, 0.4) is 0 Å². The predicted octanol–water partition coefficient (Wildman–Crippen LogP) is 5.11. The summed E-state index contributed by atoms with van der Waals surface area (Å²) >= 11 is 0. The Kier molecular flexibility index (Phi) is 7.27. The summed E-state index contributed by atoms with van der Waals surface area (Å²) < 4.78 is 36.3. The van der Waals surface area contributed by atoms with Crippen molar-refractivity contribution in [3.8, 4) is 11.1 Å². The first-order chi connectivity index (χ1) is 19.7. The van der Waals surface area contributed by atoms with Gasteiger partial charge in [0.15, 0.2) is 0 Å². The second kappa shape index (κ2) is 10.9. The molecule has 4 heterocycles. The van der Waals surface area contributed by atoms with E-state index in [9.17, 15) is 18.4 Å². The van der Waals surface area contributed by atoms with Crippen LogP contribution >= 0.6 is 0 Å². The lowest BCUT2D eigenvalue weighted by Gasteiger charge is -2.35. The Balaban J connectivity index is 1.48. The average molecular weight is 564 g/mol. The molecule has 1 saturated heterocycles. The lowest BCUT2D eigenvalue weighted by Crippen LogP contribution is -2.32. The summed E-state index contributed by atoms with van der Waals surface area (Å²) in [5.74, 6) is 0.110. The number of methoxy groups -OCH3 is 1. The van der Waals surface area contributed by atoms with Gasteiger partial charge in [-0.2, -0.15) is 5.10 Å². The predicted molar refractivity (Wildman–Crippen MR) is 151 cm³/mol. The number of piperidine rings is 1. The molecular weight excluding hydrogens is 528 g/mol. The first kappa shape index (κ1) is 27.4. The van der Waals surface area contributed by atoms with Crippen molar-refractivity contribution in [1.29, 1.82) is 0 Å². The highest BCUT2D eigenvalue weighted by Crippen LogP contribution is 2.45. The molecule has 1 fully saturated rings. The van der Waals surface area contributed by atoms with Crippen LogP contribution < -0.4 is 10.2 Å². The SMILES string of the molecule is COCc1nn(C)cc1-c1cc2c(cc1C(F)F)N(c1cc(C3CCNC(=O)C3)cc3c1CN(C(C)=O)C3)CCC2. The molecule has 3 aromatic rings. The lowest BCUT2D eigenvalue weighted by molar-refractivity contribution is -0.129. The minimum Gasteiger partial charge on any atom is -0.378 e. The van der Waals surface area contributed by atoms with E-state index in [0.29, 0.717) is 49.4 Å². The minimum atomic E-state index is -2.68. The molecule has 10 heteroatoms. The topological polar surface area (TPSA) is 79.7 Å². The Labute approximate surface area is 238 Å². The maximum absolute atomic E-state index is 14.7. The Bertz CT molecular complexity index is 1520. The fourth-order valence-corrected chi connectivity index (χ4v) is 6.60. The number of fused-ring (bicyclic) bond motifs is 2. The zero-order chi connectivity index (χ0) is 28.8. The summed E-state index contributed by atoms with van der Waals surface area (Å²) in [5.41, 5.74) is 7.62. The average Bonchev–Trinajstić information content (AvgIpc) is 3.55. The molecule has 1 aromatic heterocycles. The van der Waals surface area contributed by atoms with Crippen molar-refractivity contribution in [3.05, 3.63) is 64.0 Å². The number of carbonyl (C=O) groups excluding carboxylic acids is 2. The zero-order valence-corrected chi connectivity index (χ0v) is 23.7. The van der Waals surface area contributed by atoms with Crippen molar-refractivity contribution < 1.29 is 23.1 Å². The molecular formula is C31H35F2N5O3. The highest BCUT2D eigenvalue weighted by Gasteiger charge is 2.32. The van der Waals surface area contributed by atoms with Gasteiger partial charge in [-0.3, -0.25) is 14.3 Å². The van der Waals surface area contributed by atoms with E-state index in [1.165, 1.54) is 0 Å². The number of ether oxygens (including phenoxy) is 1. The van der Waals surface area contributed by atoms with E-state index in [0.717, 1.165) is 52.9 Å². The van der Waals surface area contributed by atoms with Crippen molar-refractivity contribution in [2.45, 2.75) is 64.6 Å². The molecule has 0 saturated carbocycles. The summed E-state index contributed by atoms with van der Waals surface area (Å²) in [4.78, 5) is 28.6. The van der Waals surface area contributed by atoms with E-state index in [4.69, 9.17) is 4.74 Å². The number of aryl methyl sites for hydroxylation is 2. The highest BCUT2D eigenvalue weighted by atomic mass is 19.3. The third kappa shape index (κ3) is 5.09. The fraction of sp³-hybridized carbons (Fsp3) is 0.452. The van der Waals surface area contributed by atoms with Crippen molar-refractivity contribution >= 4 is 23.2 Å². The number of hydrogen-bond acceptors (Lipinski definition) is 5. The van der Waals surface area contributed by atoms with Crippen LogP contribution in [-0.4, -0.2) is 46.7 Å². The Morgan fingerprint density at radius 2 is 1.98 bits per heavy atom. The van der Waals surface area contributed by atoms with Gasteiger partial charge in [0.2, 0.25) is 11.8 Å². The molecule has 3 aliphatic rings. The number of carbonyl (C=O) groups is 2. The van der Waals surface area contributed by atoms with E-state index in [1.807, 2.05) is 11.0 Å². The summed E-state index contributed by atoms with van der Waals surface area (Å²) in [6.07, 6.45) is 1.98. The van der Waals surface area contributed by atoms with Crippen molar-refractivity contribution in [3.63, 3.8) is 0 Å². The molecule has 6 rings (SSSR count). The van der Waals surface area contributed by atoms with Crippen molar-refractivity contribution in [2.75, 3.05) is 25.1 Å². The second-order valence-corrected chi connectivity index (χ2v) is 11.3. The maximum atomic E-state index is 14.7. The molecule has 41 heavy (non-hydrogen) atoms. The number of amides is 2. The molecule has 2 aromatic carbocycles. The summed E-state index contributed by atoms with van der Waals surface area (Å²) in [5, 5.41) is 7.36. The van der Waals surface area contributed by atoms with Gasteiger partial charge in [0.05, 0.1) is 12.3 Å². The van der Waals surface area contributed by atoms with E-state index in [2.05, 4.69) is 27.4 Å². The maximum Gasteiger partial charge on any atom is 0.264 e. The highest BCUT2D eigenvalue weighted by molar-refractivity contribution is 5.81. The van der Waals surface area contributed by atoms with Gasteiger partial charge < -0.3 is 19.9 Å². The number of nitrogens with one attached hydrogen (secondary N) is 1. The number of rotatable bonds is 6. The number of benzene rings is 2. The van der Waals surface area contributed by atoms with Gasteiger partial charge in [-0.1, -0.05) is 6.07 Å². The van der Waals surface area contributed by atoms with Gasteiger partial charge in [0.25, 0.3) is 6.43 Å². The molecule has 1 unspecified atom stereocenters. The Hall–Kier alpha value is -3.79. The molecule has 0 radical (unpaired) electrons. The number of halogens is 2. The largest absolute Gasteiger partial charge is 0.378 e. The van der Waals surface area contributed by atoms with Gasteiger partial charge in [-0.25, -0.2) is 8.78 Å². The van der Waals surface area contributed by atoms with Crippen LogP contribution in [0.4, 0.5) is 20.2 Å². The Morgan fingerprint density at radius 3 is 2.71 bits per heavy atom. The number of anilines is 2. The standard InChI is InChI=1S/C31H35F2N5O3/c1-18(39)37-14-22-9-21(19-6-7-34-30(40)12-19)11-29(25(22)16-37)38-8-4-5-20-10-23(24(31(32)33)13-28(20)38)26-15-36(2)35-27(26)17-41-3/h9-11,13,15,19,31H,4-8,12,14,16-17H2,1-3H3,(H,34,40). The second-order valence-electron chi connectivity index (χ2n) is 11.3. The van der Waals surface area contributed by atoms with Crippen LogP contribution in [0, 0.1) is 0 Å². The van der Waals surface area contributed by atoms with E-state index < -0.39 is 6.43 Å². The van der Waals surface area contributed by atoms with Gasteiger partial charge in [-0.05, 0) is 65.6 Å². The molecule has 0 aliphatic carbocycles. The van der Waals surface area contributed by atoms with Gasteiger partial charge in [-0.15, -0.1) is 0 Å². The van der Waals surface area contributed by atoms with Crippen LogP contribution in [0.2, 0.25) is 0 Å². The molecule has 0 spiro atoms. The third-order valence-electron chi connectivity index (χ3n) is 8.59. The summed E-state index contributed by atoms with van der Waals surface area (Å²) in [7, 11) is 3.34. The molecule has 1 N–H and O–H groups in total. The third-order valence-corrected chi connectivity index (χ3v) is 8.59. The first-order valence-electron chi connectivity index (χ1n) is 14.2. The Morgan fingerprint density at radius 1 is 1.15 bits per heavy atom. The normalized spacial score (nSPS) is 18.5. The number of nitrogens with zero attached hydrogens (tertiary/aromatic N) is 4. The zero-order valence-electron chi connectivity index (χ0n) is 23.7. The monoisotopic (exact) mass is 563 g/mol. The van der Waals surface area contributed by atoms with E-state index in [1.54, 1.807) is 38.0 Å². The summed E-state index contributed by atoms with van der Waals surface area (Å²) in [6.45, 7) is 4.09. The smallest absolute Gasteiger partial charge is 0.264 e. The van der Waals surface area contributed by atoms with Crippen LogP contribution in [0.15, 0.2) is 30.5 Å². The molecule has 1 atom stereocenters. The lowest BCUT2D eigenvalue weighted by atomic mass is 9.86. The van der Waals surface area contributed by atoms with E-state index >= 15 is 0 Å². The van der Waals surface area contributed by atoms with Crippen molar-refractivity contribution in [1.82, 2.24) is 20.0 Å². The first-order valence-corrected chi connectivity index (χ1v) is 14.2. The molecule has 8 nitrogen and oxygen atoms in total. The molecule has 216 valence electrons. The molecule has 2 amide bonds.